The molecule has 2 heteroatoms. The van der Waals surface area contributed by atoms with E-state index in [0.29, 0.717) is 29.3 Å². The number of benzene rings is 2. The van der Waals surface area contributed by atoms with Gasteiger partial charge in [0.25, 0.3) is 0 Å². The van der Waals surface area contributed by atoms with Crippen LogP contribution in [0.4, 0.5) is 0 Å². The number of rotatable bonds is 3. The molecule has 2 fully saturated rings. The van der Waals surface area contributed by atoms with E-state index in [2.05, 4.69) is 24.3 Å². The monoisotopic (exact) mass is 378 g/mol. The highest BCUT2D eigenvalue weighted by Crippen LogP contribution is 2.43. The summed E-state index contributed by atoms with van der Waals surface area (Å²) in [4.78, 5) is 0. The van der Waals surface area contributed by atoms with Crippen molar-refractivity contribution in [1.82, 2.24) is 0 Å². The van der Waals surface area contributed by atoms with Crippen molar-refractivity contribution in [3.63, 3.8) is 0 Å². The van der Waals surface area contributed by atoms with Gasteiger partial charge in [0.1, 0.15) is 11.5 Å². The Labute approximate surface area is 169 Å². The summed E-state index contributed by atoms with van der Waals surface area (Å²) in [7, 11) is 0. The van der Waals surface area contributed by atoms with Gasteiger partial charge in [-0.3, -0.25) is 0 Å². The Kier molecular flexibility index (Phi) is 6.24. The molecule has 2 N–H and O–H groups in total. The van der Waals surface area contributed by atoms with E-state index in [1.165, 1.54) is 87.3 Å². The van der Waals surface area contributed by atoms with Crippen LogP contribution in [-0.2, 0) is 0 Å². The smallest absolute Gasteiger partial charge is 0.119 e. The average Bonchev–Trinajstić information content (AvgIpc) is 2.69. The number of hydrogen-bond donors (Lipinski definition) is 2. The maximum absolute atomic E-state index is 10.5. The first-order valence-electron chi connectivity index (χ1n) is 11.3. The lowest BCUT2D eigenvalue weighted by Crippen LogP contribution is -2.13. The summed E-state index contributed by atoms with van der Waals surface area (Å²) in [5.74, 6) is 2.62. The quantitative estimate of drug-likeness (QED) is 0.585. The van der Waals surface area contributed by atoms with Gasteiger partial charge in [0.15, 0.2) is 0 Å². The number of aromatic hydroxyl groups is 2. The van der Waals surface area contributed by atoms with Crippen molar-refractivity contribution in [3.8, 4) is 11.5 Å². The van der Waals surface area contributed by atoms with E-state index in [0.717, 1.165) is 0 Å². The molecule has 28 heavy (non-hydrogen) atoms. The largest absolute Gasteiger partial charge is 0.508 e. The van der Waals surface area contributed by atoms with Crippen LogP contribution in [0.2, 0.25) is 0 Å². The predicted octanol–water partition coefficient (Wildman–Crippen LogP) is 7.37. The highest BCUT2D eigenvalue weighted by molar-refractivity contribution is 5.40. The van der Waals surface area contributed by atoms with Crippen molar-refractivity contribution in [2.45, 2.75) is 88.4 Å². The minimum atomic E-state index is 0.350. The molecule has 0 atom stereocenters. The molecule has 0 bridgehead atoms. The number of phenolic OH excluding ortho intramolecular Hbond substituents is 2. The lowest BCUT2D eigenvalue weighted by atomic mass is 9.75. The van der Waals surface area contributed by atoms with Crippen molar-refractivity contribution >= 4 is 0 Å². The molecule has 0 aliphatic heterocycles. The Morgan fingerprint density at radius 1 is 0.536 bits per heavy atom. The van der Waals surface area contributed by atoms with Gasteiger partial charge in [0.2, 0.25) is 0 Å². The van der Waals surface area contributed by atoms with E-state index in [9.17, 15) is 10.2 Å². The first kappa shape index (κ1) is 19.4. The first-order chi connectivity index (χ1) is 13.7. The van der Waals surface area contributed by atoms with Crippen LogP contribution in [0.3, 0.4) is 0 Å². The second-order valence-electron chi connectivity index (χ2n) is 9.00. The number of phenols is 2. The topological polar surface area (TPSA) is 40.5 Å². The third-order valence-corrected chi connectivity index (χ3v) is 7.16. The van der Waals surface area contributed by atoms with Crippen LogP contribution in [0.1, 0.15) is 105 Å². The maximum Gasteiger partial charge on any atom is 0.119 e. The fourth-order valence-corrected chi connectivity index (χ4v) is 5.43. The molecule has 0 aromatic heterocycles. The first-order valence-corrected chi connectivity index (χ1v) is 11.3. The molecule has 0 unspecified atom stereocenters. The molecule has 0 heterocycles. The molecule has 2 aromatic rings. The lowest BCUT2D eigenvalue weighted by molar-refractivity contribution is 0.393. The zero-order valence-corrected chi connectivity index (χ0v) is 16.9. The van der Waals surface area contributed by atoms with E-state index in [1.54, 1.807) is 0 Å². The van der Waals surface area contributed by atoms with E-state index in [-0.39, 0.29) is 0 Å². The van der Waals surface area contributed by atoms with E-state index >= 15 is 0 Å². The molecule has 0 radical (unpaired) electrons. The van der Waals surface area contributed by atoms with Crippen LogP contribution in [0.15, 0.2) is 42.5 Å². The van der Waals surface area contributed by atoms with Crippen LogP contribution < -0.4 is 0 Å². The summed E-state index contributed by atoms with van der Waals surface area (Å²) in [5.41, 5.74) is 4.00. The zero-order chi connectivity index (χ0) is 19.3. The summed E-state index contributed by atoms with van der Waals surface area (Å²) in [6.07, 6.45) is 13.9. The molecule has 2 aliphatic carbocycles. The maximum atomic E-state index is 10.5. The minimum Gasteiger partial charge on any atom is -0.508 e. The van der Waals surface area contributed by atoms with Crippen LogP contribution in [-0.4, -0.2) is 10.2 Å². The normalized spacial score (nSPS) is 24.4. The van der Waals surface area contributed by atoms with Gasteiger partial charge in [-0.15, -0.1) is 0 Å². The summed E-state index contributed by atoms with van der Waals surface area (Å²) in [5, 5.41) is 20.1. The van der Waals surface area contributed by atoms with Crippen LogP contribution >= 0.6 is 0 Å². The van der Waals surface area contributed by atoms with Gasteiger partial charge < -0.3 is 10.2 Å². The van der Waals surface area contributed by atoms with Crippen molar-refractivity contribution in [2.75, 3.05) is 0 Å². The molecular formula is C26H34O2. The predicted molar refractivity (Wildman–Crippen MR) is 115 cm³/mol. The highest BCUT2D eigenvalue weighted by Gasteiger charge is 2.25. The summed E-state index contributed by atoms with van der Waals surface area (Å²) in [6, 6.07) is 14.2. The molecule has 2 aliphatic rings. The SMILES string of the molecule is Oc1ccc(C2CCC(c3ccc(O)c(C4CCCCCCC4)c3)CC2)cc1. The van der Waals surface area contributed by atoms with E-state index in [1.807, 2.05) is 18.2 Å². The highest BCUT2D eigenvalue weighted by atomic mass is 16.3. The molecule has 2 aromatic carbocycles. The standard InChI is InChI=1S/C26H34O2/c27-24-15-12-20(13-16-24)19-8-10-21(11-9-19)23-14-17-26(28)25(18-23)22-6-4-2-1-3-5-7-22/h12-19,21-22,27-28H,1-11H2. The zero-order valence-electron chi connectivity index (χ0n) is 16.9. The fourth-order valence-electron chi connectivity index (χ4n) is 5.43. The molecule has 0 amide bonds. The van der Waals surface area contributed by atoms with Crippen molar-refractivity contribution in [3.05, 3.63) is 59.2 Å². The van der Waals surface area contributed by atoms with Crippen LogP contribution in [0.25, 0.3) is 0 Å². The second kappa shape index (κ2) is 9.03. The number of hydrogen-bond acceptors (Lipinski definition) is 2. The Bertz CT molecular complexity index is 749. The molecule has 0 spiro atoms. The van der Waals surface area contributed by atoms with Gasteiger partial charge in [-0.25, -0.2) is 0 Å². The van der Waals surface area contributed by atoms with Gasteiger partial charge in [-0.05, 0) is 91.2 Å². The third-order valence-electron chi connectivity index (χ3n) is 7.16. The van der Waals surface area contributed by atoms with Crippen molar-refractivity contribution < 1.29 is 10.2 Å². The summed E-state index contributed by atoms with van der Waals surface area (Å²) >= 11 is 0. The Morgan fingerprint density at radius 2 is 1.07 bits per heavy atom. The van der Waals surface area contributed by atoms with Gasteiger partial charge >= 0.3 is 0 Å². The molecule has 150 valence electrons. The van der Waals surface area contributed by atoms with Gasteiger partial charge in [0.05, 0.1) is 0 Å². The molecule has 2 nitrogen and oxygen atoms in total. The van der Waals surface area contributed by atoms with Crippen molar-refractivity contribution in [2.24, 2.45) is 0 Å². The third kappa shape index (κ3) is 4.54. The Hall–Kier alpha value is -1.96. The minimum absolute atomic E-state index is 0.350. The van der Waals surface area contributed by atoms with Gasteiger partial charge in [-0.1, -0.05) is 56.4 Å². The summed E-state index contributed by atoms with van der Waals surface area (Å²) in [6.45, 7) is 0. The van der Waals surface area contributed by atoms with Crippen LogP contribution in [0, 0.1) is 0 Å². The van der Waals surface area contributed by atoms with Gasteiger partial charge in [-0.2, -0.15) is 0 Å². The average molecular weight is 379 g/mol. The lowest BCUT2D eigenvalue weighted by Gasteiger charge is -2.30. The molecule has 2 saturated carbocycles. The van der Waals surface area contributed by atoms with E-state index in [4.69, 9.17) is 0 Å². The Balaban J connectivity index is 1.44. The second-order valence-corrected chi connectivity index (χ2v) is 9.00. The molecular weight excluding hydrogens is 344 g/mol. The molecule has 4 rings (SSSR count). The fraction of sp³-hybridized carbons (Fsp3) is 0.538. The van der Waals surface area contributed by atoms with E-state index < -0.39 is 0 Å². The summed E-state index contributed by atoms with van der Waals surface area (Å²) < 4.78 is 0. The Morgan fingerprint density at radius 3 is 1.71 bits per heavy atom. The van der Waals surface area contributed by atoms with Gasteiger partial charge in [0, 0.05) is 0 Å². The van der Waals surface area contributed by atoms with Crippen molar-refractivity contribution in [1.29, 1.82) is 0 Å². The molecule has 0 saturated heterocycles. The van der Waals surface area contributed by atoms with Crippen LogP contribution in [0.5, 0.6) is 11.5 Å².